The van der Waals surface area contributed by atoms with Crippen molar-refractivity contribution in [1.29, 1.82) is 0 Å². The highest BCUT2D eigenvalue weighted by Gasteiger charge is 2.36. The number of nitrogens with zero attached hydrogens (tertiary/aromatic N) is 2. The Balaban J connectivity index is 2.04. The Hall–Kier alpha value is -2.44. The second-order valence-corrected chi connectivity index (χ2v) is 7.27. The second kappa shape index (κ2) is 5.04. The Labute approximate surface area is 134 Å². The number of pyridine rings is 1. The Morgan fingerprint density at radius 1 is 1.04 bits per heavy atom. The van der Waals surface area contributed by atoms with E-state index in [4.69, 9.17) is 0 Å². The van der Waals surface area contributed by atoms with Crippen molar-refractivity contribution in [1.82, 2.24) is 9.29 Å². The van der Waals surface area contributed by atoms with Crippen LogP contribution in [-0.4, -0.2) is 24.8 Å². The smallest absolute Gasteiger partial charge is 0.268 e. The van der Waals surface area contributed by atoms with Crippen molar-refractivity contribution < 1.29 is 8.42 Å². The fraction of sp³-hybridized carbons (Fsp3) is 0.118. The largest absolute Gasteiger partial charge is 0.302 e. The Bertz CT molecular complexity index is 987. The maximum absolute atomic E-state index is 12.6. The molecule has 2 heterocycles. The molecule has 1 atom stereocenters. The van der Waals surface area contributed by atoms with Gasteiger partial charge in [-0.25, -0.2) is 0 Å². The molecule has 0 aliphatic carbocycles. The number of rotatable bonds is 1. The van der Waals surface area contributed by atoms with Gasteiger partial charge in [0.15, 0.2) is 0 Å². The number of nitrogens with one attached hydrogen (secondary N) is 1. The Morgan fingerprint density at radius 2 is 1.83 bits per heavy atom. The number of aromatic nitrogens is 1. The zero-order chi connectivity index (χ0) is 16.0. The predicted octanol–water partition coefficient (Wildman–Crippen LogP) is 2.93. The molecule has 1 aliphatic rings. The fourth-order valence-corrected chi connectivity index (χ4v) is 4.19. The molecular weight excluding hydrogens is 310 g/mol. The van der Waals surface area contributed by atoms with E-state index in [9.17, 15) is 8.42 Å². The molecule has 0 fully saturated rings. The van der Waals surface area contributed by atoms with E-state index < -0.39 is 10.2 Å². The lowest BCUT2D eigenvalue weighted by Gasteiger charge is -2.35. The number of hydrogen-bond donors (Lipinski definition) is 1. The van der Waals surface area contributed by atoms with Gasteiger partial charge in [-0.2, -0.15) is 12.7 Å². The summed E-state index contributed by atoms with van der Waals surface area (Å²) < 4.78 is 29.1. The van der Waals surface area contributed by atoms with Crippen LogP contribution in [0, 0.1) is 0 Å². The highest BCUT2D eigenvalue weighted by Crippen LogP contribution is 2.41. The number of benzene rings is 2. The molecule has 0 saturated carbocycles. The van der Waals surface area contributed by atoms with Crippen LogP contribution in [0.15, 0.2) is 60.8 Å². The molecule has 23 heavy (non-hydrogen) atoms. The van der Waals surface area contributed by atoms with Gasteiger partial charge in [0, 0.05) is 24.2 Å². The van der Waals surface area contributed by atoms with Crippen LogP contribution in [0.25, 0.3) is 10.9 Å². The maximum Gasteiger partial charge on any atom is 0.302 e. The maximum atomic E-state index is 12.6. The first-order chi connectivity index (χ1) is 11.1. The molecule has 0 bridgehead atoms. The molecule has 0 spiro atoms. The second-order valence-electron chi connectivity index (χ2n) is 5.54. The Kier molecular flexibility index (Phi) is 3.11. The summed E-state index contributed by atoms with van der Waals surface area (Å²) >= 11 is 0. The minimum Gasteiger partial charge on any atom is -0.268 e. The third-order valence-electron chi connectivity index (χ3n) is 4.19. The topological polar surface area (TPSA) is 62.3 Å². The van der Waals surface area contributed by atoms with Gasteiger partial charge >= 0.3 is 10.2 Å². The van der Waals surface area contributed by atoms with E-state index in [-0.39, 0.29) is 6.04 Å². The molecule has 3 aromatic rings. The van der Waals surface area contributed by atoms with Gasteiger partial charge in [0.1, 0.15) is 0 Å². The fourth-order valence-electron chi connectivity index (χ4n) is 3.06. The van der Waals surface area contributed by atoms with Gasteiger partial charge < -0.3 is 0 Å². The zero-order valence-corrected chi connectivity index (χ0v) is 13.3. The molecule has 4 rings (SSSR count). The van der Waals surface area contributed by atoms with E-state index in [2.05, 4.69) is 9.71 Å². The van der Waals surface area contributed by atoms with Crippen molar-refractivity contribution in [3.05, 3.63) is 71.9 Å². The molecule has 0 saturated heterocycles. The molecule has 0 radical (unpaired) electrons. The van der Waals surface area contributed by atoms with Gasteiger partial charge in [0.25, 0.3) is 0 Å². The van der Waals surface area contributed by atoms with Crippen LogP contribution in [0.3, 0.4) is 0 Å². The van der Waals surface area contributed by atoms with Crippen molar-refractivity contribution in [3.63, 3.8) is 0 Å². The van der Waals surface area contributed by atoms with Gasteiger partial charge in [-0.15, -0.1) is 0 Å². The van der Waals surface area contributed by atoms with E-state index >= 15 is 0 Å². The van der Waals surface area contributed by atoms with E-state index in [0.717, 1.165) is 16.5 Å². The van der Waals surface area contributed by atoms with Crippen molar-refractivity contribution >= 4 is 26.8 Å². The molecule has 1 N–H and O–H groups in total. The van der Waals surface area contributed by atoms with Gasteiger partial charge in [-0.05, 0) is 11.6 Å². The first kappa shape index (κ1) is 14.2. The minimum atomic E-state index is -3.62. The number of hydrogen-bond acceptors (Lipinski definition) is 3. The quantitative estimate of drug-likeness (QED) is 0.748. The summed E-state index contributed by atoms with van der Waals surface area (Å²) in [5.41, 5.74) is 3.06. The van der Waals surface area contributed by atoms with Crippen LogP contribution in [0.5, 0.6) is 0 Å². The molecule has 1 aromatic heterocycles. The standard InChI is InChI=1S/C17H15N3O2S/c1-20-17(13-6-3-2-4-7-13)14-10-9-12-8-5-11-18-15(12)16(14)19-23(20,21)22/h2-11,17,19H,1H3. The lowest BCUT2D eigenvalue weighted by Crippen LogP contribution is -2.40. The minimum absolute atomic E-state index is 0.371. The normalized spacial score (nSPS) is 20.0. The first-order valence-corrected chi connectivity index (χ1v) is 8.70. The third kappa shape index (κ3) is 2.18. The van der Waals surface area contributed by atoms with Crippen LogP contribution in [0.4, 0.5) is 5.69 Å². The van der Waals surface area contributed by atoms with Crippen LogP contribution in [0.1, 0.15) is 17.2 Å². The average molecular weight is 325 g/mol. The predicted molar refractivity (Wildman–Crippen MR) is 90.3 cm³/mol. The lowest BCUT2D eigenvalue weighted by molar-refractivity contribution is 0.416. The van der Waals surface area contributed by atoms with Gasteiger partial charge in [-0.3, -0.25) is 9.71 Å². The van der Waals surface area contributed by atoms with E-state index in [1.54, 1.807) is 13.2 Å². The highest BCUT2D eigenvalue weighted by molar-refractivity contribution is 7.90. The van der Waals surface area contributed by atoms with Gasteiger partial charge in [0.2, 0.25) is 0 Å². The highest BCUT2D eigenvalue weighted by atomic mass is 32.2. The summed E-state index contributed by atoms with van der Waals surface area (Å²) in [5, 5.41) is 0.908. The summed E-state index contributed by atoms with van der Waals surface area (Å²) in [4.78, 5) is 4.37. The van der Waals surface area contributed by atoms with Gasteiger partial charge in [-0.1, -0.05) is 48.5 Å². The summed E-state index contributed by atoms with van der Waals surface area (Å²) in [7, 11) is -2.03. The molecule has 2 aromatic carbocycles. The number of fused-ring (bicyclic) bond motifs is 3. The van der Waals surface area contributed by atoms with Crippen LogP contribution < -0.4 is 4.72 Å². The summed E-state index contributed by atoms with van der Waals surface area (Å²) in [5.74, 6) is 0. The molecule has 6 heteroatoms. The molecule has 5 nitrogen and oxygen atoms in total. The zero-order valence-electron chi connectivity index (χ0n) is 12.5. The summed E-state index contributed by atoms with van der Waals surface area (Å²) in [6.45, 7) is 0. The van der Waals surface area contributed by atoms with Crippen molar-refractivity contribution in [2.24, 2.45) is 0 Å². The van der Waals surface area contributed by atoms with Crippen molar-refractivity contribution in [2.75, 3.05) is 11.8 Å². The molecular formula is C17H15N3O2S. The summed E-state index contributed by atoms with van der Waals surface area (Å²) in [6.07, 6.45) is 1.67. The van der Waals surface area contributed by atoms with Crippen molar-refractivity contribution in [3.8, 4) is 0 Å². The average Bonchev–Trinajstić information content (AvgIpc) is 2.57. The van der Waals surface area contributed by atoms with Crippen LogP contribution >= 0.6 is 0 Å². The van der Waals surface area contributed by atoms with Crippen molar-refractivity contribution in [2.45, 2.75) is 6.04 Å². The first-order valence-electron chi connectivity index (χ1n) is 7.26. The lowest BCUT2D eigenvalue weighted by atomic mass is 9.96. The summed E-state index contributed by atoms with van der Waals surface area (Å²) in [6, 6.07) is 17.0. The molecule has 0 amide bonds. The monoisotopic (exact) mass is 325 g/mol. The number of anilines is 1. The molecule has 116 valence electrons. The third-order valence-corrected chi connectivity index (χ3v) is 5.62. The SMILES string of the molecule is CN1C(c2ccccc2)c2ccc3cccnc3c2NS1(=O)=O. The molecule has 1 aliphatic heterocycles. The molecule has 1 unspecified atom stereocenters. The van der Waals surface area contributed by atoms with Gasteiger partial charge in [0.05, 0.1) is 17.2 Å². The van der Waals surface area contributed by atoms with E-state index in [1.165, 1.54) is 4.31 Å². The Morgan fingerprint density at radius 3 is 2.61 bits per heavy atom. The van der Waals surface area contributed by atoms with Crippen LogP contribution in [0.2, 0.25) is 0 Å². The van der Waals surface area contributed by atoms with E-state index in [1.807, 2.05) is 54.6 Å². The van der Waals surface area contributed by atoms with Crippen LogP contribution in [-0.2, 0) is 10.2 Å². The van der Waals surface area contributed by atoms with E-state index in [0.29, 0.717) is 11.2 Å².